The predicted octanol–water partition coefficient (Wildman–Crippen LogP) is 1.91. The van der Waals surface area contributed by atoms with Crippen LogP contribution in [0.3, 0.4) is 0 Å². The fourth-order valence-electron chi connectivity index (χ4n) is 2.02. The Kier molecular flexibility index (Phi) is 3.16. The topological polar surface area (TPSA) is 57.0 Å². The molecule has 0 N–H and O–H groups in total. The van der Waals surface area contributed by atoms with Crippen LogP contribution in [0.1, 0.15) is 5.69 Å². The van der Waals surface area contributed by atoms with Gasteiger partial charge in [-0.1, -0.05) is 12.1 Å². The summed E-state index contributed by atoms with van der Waals surface area (Å²) in [5, 5.41) is 0. The van der Waals surface area contributed by atoms with Crippen LogP contribution in [0.25, 0.3) is 11.0 Å². The van der Waals surface area contributed by atoms with E-state index in [1.807, 2.05) is 24.3 Å². The number of para-hydroxylation sites is 2. The molecule has 3 rings (SSSR count). The number of hydrogen-bond donors (Lipinski definition) is 0. The molecule has 0 unspecified atom stereocenters. The van der Waals surface area contributed by atoms with Crippen LogP contribution in [0.4, 0.5) is 0 Å². The van der Waals surface area contributed by atoms with Crippen LogP contribution in [-0.4, -0.2) is 14.5 Å². The predicted molar refractivity (Wildman–Crippen MR) is 75.6 cm³/mol. The number of aromatic nitrogens is 3. The van der Waals surface area contributed by atoms with Gasteiger partial charge in [-0.15, -0.1) is 0 Å². The van der Waals surface area contributed by atoms with Crippen molar-refractivity contribution in [3.8, 4) is 5.75 Å². The second kappa shape index (κ2) is 5.13. The maximum Gasteiger partial charge on any atom is 0.276 e. The summed E-state index contributed by atoms with van der Waals surface area (Å²) in [6.07, 6.45) is 3.27. The van der Waals surface area contributed by atoms with Crippen LogP contribution >= 0.6 is 0 Å². The molecule has 3 aromatic rings. The third kappa shape index (κ3) is 2.25. The van der Waals surface area contributed by atoms with E-state index in [1.165, 1.54) is 0 Å². The lowest BCUT2D eigenvalue weighted by Crippen LogP contribution is -2.24. The van der Waals surface area contributed by atoms with Gasteiger partial charge in [-0.3, -0.25) is 9.78 Å². The molecule has 0 bridgehead atoms. The minimum Gasteiger partial charge on any atom is -0.485 e. The third-order valence-corrected chi connectivity index (χ3v) is 3.06. The van der Waals surface area contributed by atoms with E-state index in [2.05, 4.69) is 9.97 Å². The largest absolute Gasteiger partial charge is 0.485 e. The number of fused-ring (bicyclic) bond motifs is 1. The normalized spacial score (nSPS) is 10.7. The number of ether oxygens (including phenoxy) is 1. The van der Waals surface area contributed by atoms with Crippen LogP contribution in [0, 0.1) is 0 Å². The molecule has 20 heavy (non-hydrogen) atoms. The number of pyridine rings is 1. The molecule has 5 nitrogen and oxygen atoms in total. The van der Waals surface area contributed by atoms with Crippen molar-refractivity contribution in [2.75, 3.05) is 0 Å². The maximum absolute atomic E-state index is 12.2. The number of aryl methyl sites for hydroxylation is 1. The van der Waals surface area contributed by atoms with Crippen molar-refractivity contribution in [3.63, 3.8) is 0 Å². The van der Waals surface area contributed by atoms with Gasteiger partial charge >= 0.3 is 0 Å². The molecule has 0 spiro atoms. The monoisotopic (exact) mass is 267 g/mol. The molecule has 2 heterocycles. The minimum absolute atomic E-state index is 0.128. The van der Waals surface area contributed by atoms with Gasteiger partial charge in [-0.05, 0) is 24.3 Å². The van der Waals surface area contributed by atoms with E-state index in [4.69, 9.17) is 4.74 Å². The smallest absolute Gasteiger partial charge is 0.276 e. The molecule has 0 radical (unpaired) electrons. The third-order valence-electron chi connectivity index (χ3n) is 3.06. The Morgan fingerprint density at radius 1 is 1.20 bits per heavy atom. The molecular weight excluding hydrogens is 254 g/mol. The van der Waals surface area contributed by atoms with Gasteiger partial charge in [0.25, 0.3) is 5.56 Å². The fourth-order valence-corrected chi connectivity index (χ4v) is 2.02. The van der Waals surface area contributed by atoms with Gasteiger partial charge in [0, 0.05) is 13.2 Å². The van der Waals surface area contributed by atoms with Gasteiger partial charge in [0.1, 0.15) is 18.1 Å². The molecule has 0 atom stereocenters. The summed E-state index contributed by atoms with van der Waals surface area (Å²) >= 11 is 0. The van der Waals surface area contributed by atoms with Gasteiger partial charge in [0.05, 0.1) is 17.2 Å². The summed E-state index contributed by atoms with van der Waals surface area (Å²) in [5.41, 5.74) is 1.82. The molecule has 1 aromatic carbocycles. The van der Waals surface area contributed by atoms with Crippen molar-refractivity contribution in [1.82, 2.24) is 14.5 Å². The van der Waals surface area contributed by atoms with E-state index in [-0.39, 0.29) is 12.2 Å². The lowest BCUT2D eigenvalue weighted by Gasteiger charge is -2.08. The first kappa shape index (κ1) is 12.3. The first-order valence-corrected chi connectivity index (χ1v) is 6.23. The van der Waals surface area contributed by atoms with Gasteiger partial charge in [-0.2, -0.15) is 0 Å². The Morgan fingerprint density at radius 3 is 2.85 bits per heavy atom. The van der Waals surface area contributed by atoms with Crippen molar-refractivity contribution in [2.45, 2.75) is 6.61 Å². The van der Waals surface area contributed by atoms with Crippen LogP contribution in [0.15, 0.2) is 53.6 Å². The van der Waals surface area contributed by atoms with E-state index in [1.54, 1.807) is 36.1 Å². The number of rotatable bonds is 3. The quantitative estimate of drug-likeness (QED) is 0.727. The second-order valence-electron chi connectivity index (χ2n) is 4.39. The van der Waals surface area contributed by atoms with Crippen molar-refractivity contribution < 1.29 is 4.74 Å². The fraction of sp³-hybridized carbons (Fsp3) is 0.133. The summed E-state index contributed by atoms with van der Waals surface area (Å²) in [7, 11) is 1.74. The zero-order valence-corrected chi connectivity index (χ0v) is 11.0. The summed E-state index contributed by atoms with van der Waals surface area (Å²) in [4.78, 5) is 20.5. The first-order chi connectivity index (χ1) is 9.75. The number of nitrogens with zero attached hydrogens (tertiary/aromatic N) is 3. The molecule has 0 aliphatic carbocycles. The summed E-state index contributed by atoms with van der Waals surface area (Å²) < 4.78 is 7.13. The van der Waals surface area contributed by atoms with E-state index >= 15 is 0 Å². The first-order valence-electron chi connectivity index (χ1n) is 6.23. The molecule has 0 fully saturated rings. The van der Waals surface area contributed by atoms with Crippen molar-refractivity contribution in [3.05, 3.63) is 64.8 Å². The summed E-state index contributed by atoms with van der Waals surface area (Å²) in [6, 6.07) is 11.1. The molecule has 0 aliphatic rings. The molecule has 100 valence electrons. The SMILES string of the molecule is Cn1c(=O)c(COc2cccnc2)nc2ccccc21. The summed E-state index contributed by atoms with van der Waals surface area (Å²) in [5.74, 6) is 0.615. The highest BCUT2D eigenvalue weighted by Crippen LogP contribution is 2.11. The van der Waals surface area contributed by atoms with Gasteiger partial charge in [0.15, 0.2) is 0 Å². The molecular formula is C15H13N3O2. The number of hydrogen-bond acceptors (Lipinski definition) is 4. The Morgan fingerprint density at radius 2 is 2.05 bits per heavy atom. The Labute approximate surface area is 115 Å². The standard InChI is InChI=1S/C15H13N3O2/c1-18-14-7-3-2-6-12(14)17-13(15(18)19)10-20-11-5-4-8-16-9-11/h2-9H,10H2,1H3. The summed E-state index contributed by atoms with van der Waals surface area (Å²) in [6.45, 7) is 0.128. The number of benzene rings is 1. The van der Waals surface area contributed by atoms with E-state index in [9.17, 15) is 4.79 Å². The van der Waals surface area contributed by atoms with Gasteiger partial charge < -0.3 is 9.30 Å². The molecule has 0 saturated heterocycles. The molecule has 2 aromatic heterocycles. The maximum atomic E-state index is 12.2. The van der Waals surface area contributed by atoms with Gasteiger partial charge in [-0.25, -0.2) is 4.98 Å². The van der Waals surface area contributed by atoms with E-state index in [0.717, 1.165) is 11.0 Å². The highest BCUT2D eigenvalue weighted by Gasteiger charge is 2.08. The highest BCUT2D eigenvalue weighted by molar-refractivity contribution is 5.74. The zero-order valence-electron chi connectivity index (χ0n) is 11.0. The molecule has 0 amide bonds. The van der Waals surface area contributed by atoms with Crippen LogP contribution in [0.2, 0.25) is 0 Å². The lowest BCUT2D eigenvalue weighted by atomic mass is 10.3. The average molecular weight is 267 g/mol. The second-order valence-corrected chi connectivity index (χ2v) is 4.39. The lowest BCUT2D eigenvalue weighted by molar-refractivity contribution is 0.298. The minimum atomic E-state index is -0.146. The zero-order chi connectivity index (χ0) is 13.9. The Hall–Kier alpha value is -2.69. The molecule has 0 saturated carbocycles. The van der Waals surface area contributed by atoms with E-state index < -0.39 is 0 Å². The van der Waals surface area contributed by atoms with Crippen LogP contribution < -0.4 is 10.3 Å². The van der Waals surface area contributed by atoms with E-state index in [0.29, 0.717) is 11.4 Å². The van der Waals surface area contributed by atoms with Crippen molar-refractivity contribution >= 4 is 11.0 Å². The van der Waals surface area contributed by atoms with Crippen LogP contribution in [0.5, 0.6) is 5.75 Å². The molecule has 0 aliphatic heterocycles. The highest BCUT2D eigenvalue weighted by atomic mass is 16.5. The van der Waals surface area contributed by atoms with Crippen molar-refractivity contribution in [1.29, 1.82) is 0 Å². The Balaban J connectivity index is 1.96. The molecule has 5 heteroatoms. The van der Waals surface area contributed by atoms with Gasteiger partial charge in [0.2, 0.25) is 0 Å². The van der Waals surface area contributed by atoms with Crippen molar-refractivity contribution in [2.24, 2.45) is 7.05 Å². The van der Waals surface area contributed by atoms with Crippen LogP contribution in [-0.2, 0) is 13.7 Å². The Bertz CT molecular complexity index is 797. The average Bonchev–Trinajstić information content (AvgIpc) is 2.50.